The number of nitrogens with zero attached hydrogens (tertiary/aromatic N) is 2. The second kappa shape index (κ2) is 6.54. The van der Waals surface area contributed by atoms with Crippen molar-refractivity contribution in [3.63, 3.8) is 0 Å². The summed E-state index contributed by atoms with van der Waals surface area (Å²) in [5.74, 6) is 0.00152. The summed E-state index contributed by atoms with van der Waals surface area (Å²) in [6.45, 7) is 6.71. The largest absolute Gasteiger partial charge is 0.350 e. The molecule has 4 aromatic rings. The van der Waals surface area contributed by atoms with Crippen LogP contribution in [0.25, 0.3) is 21.8 Å². The summed E-state index contributed by atoms with van der Waals surface area (Å²) in [6.07, 6.45) is 1.79. The zero-order valence-electron chi connectivity index (χ0n) is 16.1. The predicted molar refractivity (Wildman–Crippen MR) is 110 cm³/mol. The summed E-state index contributed by atoms with van der Waals surface area (Å²) >= 11 is 0. The maximum atomic E-state index is 13.2. The first-order valence-corrected chi connectivity index (χ1v) is 9.13. The fourth-order valence-corrected chi connectivity index (χ4v) is 3.82. The third-order valence-corrected chi connectivity index (χ3v) is 5.21. The Bertz CT molecular complexity index is 1170. The molecule has 27 heavy (non-hydrogen) atoms. The third kappa shape index (κ3) is 2.97. The van der Waals surface area contributed by atoms with Crippen LogP contribution < -0.4 is 0 Å². The second-order valence-electron chi connectivity index (χ2n) is 7.28. The minimum atomic E-state index is 0.00152. The van der Waals surface area contributed by atoms with Crippen molar-refractivity contribution in [2.45, 2.75) is 27.3 Å². The monoisotopic (exact) mass is 357 g/mol. The Morgan fingerprint density at radius 2 is 1.89 bits per heavy atom. The lowest BCUT2D eigenvalue weighted by atomic mass is 10.1. The molecule has 2 heterocycles. The normalized spacial score (nSPS) is 11.3. The Kier molecular flexibility index (Phi) is 4.19. The average Bonchev–Trinajstić information content (AvgIpc) is 2.98. The number of aromatic nitrogens is 2. The zero-order chi connectivity index (χ0) is 19.1. The molecule has 136 valence electrons. The summed E-state index contributed by atoms with van der Waals surface area (Å²) in [5.41, 5.74) is 7.13. The van der Waals surface area contributed by atoms with Crippen LogP contribution in [-0.2, 0) is 6.54 Å². The number of rotatable bonds is 3. The van der Waals surface area contributed by atoms with Gasteiger partial charge in [0, 0.05) is 36.1 Å². The number of nitrogens with one attached hydrogen (secondary N) is 1. The molecule has 0 bridgehead atoms. The topological polar surface area (TPSA) is 49.0 Å². The molecule has 0 aliphatic heterocycles. The fraction of sp³-hybridized carbons (Fsp3) is 0.217. The number of pyridine rings is 1. The first-order chi connectivity index (χ1) is 13.0. The van der Waals surface area contributed by atoms with Gasteiger partial charge in [-0.25, -0.2) is 0 Å². The first-order valence-electron chi connectivity index (χ1n) is 9.13. The van der Waals surface area contributed by atoms with Gasteiger partial charge in [0.25, 0.3) is 5.91 Å². The molecule has 4 nitrogen and oxygen atoms in total. The van der Waals surface area contributed by atoms with Gasteiger partial charge < -0.3 is 9.88 Å². The summed E-state index contributed by atoms with van der Waals surface area (Å²) in [6, 6.07) is 14.3. The van der Waals surface area contributed by atoms with Crippen molar-refractivity contribution < 1.29 is 4.79 Å². The molecule has 0 saturated heterocycles. The predicted octanol–water partition coefficient (Wildman–Crippen LogP) is 4.91. The zero-order valence-corrected chi connectivity index (χ0v) is 16.1. The number of hydrogen-bond donors (Lipinski definition) is 1. The molecule has 0 radical (unpaired) electrons. The minimum absolute atomic E-state index is 0.00152. The molecule has 0 fully saturated rings. The molecule has 0 aliphatic rings. The van der Waals surface area contributed by atoms with Crippen molar-refractivity contribution in [3.05, 3.63) is 76.6 Å². The van der Waals surface area contributed by atoms with Crippen LogP contribution in [0.5, 0.6) is 0 Å². The van der Waals surface area contributed by atoms with E-state index in [1.165, 1.54) is 5.56 Å². The number of amides is 1. The van der Waals surface area contributed by atoms with E-state index in [9.17, 15) is 4.79 Å². The van der Waals surface area contributed by atoms with Gasteiger partial charge in [0.15, 0.2) is 0 Å². The Morgan fingerprint density at radius 3 is 2.70 bits per heavy atom. The van der Waals surface area contributed by atoms with Crippen LogP contribution in [0.1, 0.15) is 32.7 Å². The highest BCUT2D eigenvalue weighted by Crippen LogP contribution is 2.27. The molecule has 0 aliphatic carbocycles. The van der Waals surface area contributed by atoms with Crippen LogP contribution >= 0.6 is 0 Å². The molecule has 2 aromatic carbocycles. The van der Waals surface area contributed by atoms with E-state index in [0.29, 0.717) is 12.2 Å². The minimum Gasteiger partial charge on any atom is -0.350 e. The summed E-state index contributed by atoms with van der Waals surface area (Å²) in [7, 11) is 1.85. The lowest BCUT2D eigenvalue weighted by Gasteiger charge is -2.18. The highest BCUT2D eigenvalue weighted by atomic mass is 16.2. The third-order valence-electron chi connectivity index (χ3n) is 5.21. The molecule has 0 atom stereocenters. The van der Waals surface area contributed by atoms with Gasteiger partial charge in [-0.15, -0.1) is 0 Å². The van der Waals surface area contributed by atoms with E-state index in [1.807, 2.05) is 32.2 Å². The number of hydrogen-bond acceptors (Lipinski definition) is 2. The molecular weight excluding hydrogens is 334 g/mol. The van der Waals surface area contributed by atoms with Gasteiger partial charge in [-0.1, -0.05) is 29.8 Å². The summed E-state index contributed by atoms with van der Waals surface area (Å²) in [4.78, 5) is 22.7. The van der Waals surface area contributed by atoms with E-state index in [2.05, 4.69) is 48.1 Å². The van der Waals surface area contributed by atoms with Crippen molar-refractivity contribution in [2.24, 2.45) is 0 Å². The molecular formula is C23H23N3O. The van der Waals surface area contributed by atoms with Gasteiger partial charge in [-0.3, -0.25) is 9.78 Å². The number of benzene rings is 2. The number of carbonyl (C=O) groups excluding carboxylic acids is 1. The smallest absolute Gasteiger partial charge is 0.270 e. The maximum Gasteiger partial charge on any atom is 0.270 e. The van der Waals surface area contributed by atoms with Crippen LogP contribution in [0.3, 0.4) is 0 Å². The van der Waals surface area contributed by atoms with Crippen LogP contribution in [0.15, 0.2) is 48.7 Å². The SMILES string of the molecule is Cc1cc(C)c2[nH]c(C(=O)N(C)Cc3cccc4ncccc34)c(C)c2c1. The fourth-order valence-electron chi connectivity index (χ4n) is 3.82. The quantitative estimate of drug-likeness (QED) is 0.566. The number of aromatic amines is 1. The van der Waals surface area contributed by atoms with Crippen molar-refractivity contribution in [2.75, 3.05) is 7.05 Å². The van der Waals surface area contributed by atoms with Gasteiger partial charge in [-0.2, -0.15) is 0 Å². The highest BCUT2D eigenvalue weighted by Gasteiger charge is 2.20. The molecule has 4 heteroatoms. The Morgan fingerprint density at radius 1 is 1.07 bits per heavy atom. The molecule has 0 saturated carbocycles. The van der Waals surface area contributed by atoms with E-state index in [0.717, 1.165) is 38.5 Å². The molecule has 1 N–H and O–H groups in total. The van der Waals surface area contributed by atoms with Gasteiger partial charge >= 0.3 is 0 Å². The summed E-state index contributed by atoms with van der Waals surface area (Å²) in [5, 5.41) is 2.21. The van der Waals surface area contributed by atoms with Crippen LogP contribution in [0, 0.1) is 20.8 Å². The van der Waals surface area contributed by atoms with E-state index in [1.54, 1.807) is 11.1 Å². The maximum absolute atomic E-state index is 13.2. The van der Waals surface area contributed by atoms with Crippen LogP contribution in [-0.4, -0.2) is 27.8 Å². The van der Waals surface area contributed by atoms with Gasteiger partial charge in [0.1, 0.15) is 5.69 Å². The van der Waals surface area contributed by atoms with Gasteiger partial charge in [0.05, 0.1) is 5.52 Å². The van der Waals surface area contributed by atoms with Crippen molar-refractivity contribution in [1.29, 1.82) is 0 Å². The highest BCUT2D eigenvalue weighted by molar-refractivity contribution is 6.01. The number of aryl methyl sites for hydroxylation is 3. The van der Waals surface area contributed by atoms with Crippen molar-refractivity contribution in [1.82, 2.24) is 14.9 Å². The molecule has 4 rings (SSSR count). The van der Waals surface area contributed by atoms with Crippen LogP contribution in [0.4, 0.5) is 0 Å². The Hall–Kier alpha value is -3.14. The first kappa shape index (κ1) is 17.3. The van der Waals surface area contributed by atoms with E-state index < -0.39 is 0 Å². The number of fused-ring (bicyclic) bond motifs is 2. The van der Waals surface area contributed by atoms with Gasteiger partial charge in [-0.05, 0) is 55.7 Å². The van der Waals surface area contributed by atoms with Crippen LogP contribution in [0.2, 0.25) is 0 Å². The number of carbonyl (C=O) groups is 1. The van der Waals surface area contributed by atoms with Crippen molar-refractivity contribution in [3.8, 4) is 0 Å². The van der Waals surface area contributed by atoms with Gasteiger partial charge in [0.2, 0.25) is 0 Å². The molecule has 0 unspecified atom stereocenters. The molecule has 2 aromatic heterocycles. The summed E-state index contributed by atoms with van der Waals surface area (Å²) < 4.78 is 0. The van der Waals surface area contributed by atoms with Crippen molar-refractivity contribution >= 4 is 27.7 Å². The molecule has 0 spiro atoms. The lowest BCUT2D eigenvalue weighted by Crippen LogP contribution is -2.27. The Labute approximate surface area is 158 Å². The number of H-pyrrole nitrogens is 1. The van der Waals surface area contributed by atoms with E-state index >= 15 is 0 Å². The Balaban J connectivity index is 1.69. The molecule has 1 amide bonds. The standard InChI is InChI=1S/C23H23N3O/c1-14-11-15(2)21-19(12-14)16(3)22(25-21)23(27)26(4)13-17-7-5-9-20-18(17)8-6-10-24-20/h5-12,25H,13H2,1-4H3. The average molecular weight is 357 g/mol. The lowest BCUT2D eigenvalue weighted by molar-refractivity contribution is 0.0780. The van der Waals surface area contributed by atoms with E-state index in [-0.39, 0.29) is 5.91 Å². The second-order valence-corrected chi connectivity index (χ2v) is 7.28. The van der Waals surface area contributed by atoms with E-state index in [4.69, 9.17) is 0 Å².